The average Bonchev–Trinajstić information content (AvgIpc) is 1.86. The molecule has 0 spiro atoms. The maximum Gasteiger partial charge on any atom is 0.370 e. The molecule has 0 N–H and O–H groups in total. The second kappa shape index (κ2) is 4.38. The van der Waals surface area contributed by atoms with Gasteiger partial charge in [0.05, 0.1) is 0 Å². The van der Waals surface area contributed by atoms with Crippen molar-refractivity contribution in [1.82, 2.24) is 0 Å². The van der Waals surface area contributed by atoms with Crippen LogP contribution in [0.1, 0.15) is 11.1 Å². The minimum absolute atomic E-state index is 0. The summed E-state index contributed by atoms with van der Waals surface area (Å²) in [7, 11) is 0. The van der Waals surface area contributed by atoms with E-state index < -0.39 is 11.7 Å². The topological polar surface area (TPSA) is 0 Å². The van der Waals surface area contributed by atoms with Crippen molar-refractivity contribution < 1.29 is 45.9 Å². The van der Waals surface area contributed by atoms with Crippen LogP contribution in [0.4, 0.5) is 13.2 Å². The van der Waals surface area contributed by atoms with Gasteiger partial charge in [0.1, 0.15) is 0 Å². The number of rotatable bonds is 0. The van der Waals surface area contributed by atoms with Gasteiger partial charge < -0.3 is 0 Å². The van der Waals surface area contributed by atoms with Crippen LogP contribution in [0.15, 0.2) is 18.2 Å². The quantitative estimate of drug-likeness (QED) is 0.619. The molecule has 1 aromatic carbocycles. The van der Waals surface area contributed by atoms with Crippen LogP contribution in [0.2, 0.25) is 0 Å². The van der Waals surface area contributed by atoms with Gasteiger partial charge in [-0.1, -0.05) is 12.5 Å². The molecule has 0 unspecified atom stereocenters. The molecule has 0 aromatic heterocycles. The Bertz CT molecular complexity index is 255. The van der Waals surface area contributed by atoms with Crippen LogP contribution in [0.5, 0.6) is 0 Å². The third-order valence-electron chi connectivity index (χ3n) is 1.26. The molecule has 0 nitrogen and oxygen atoms in total. The molecule has 0 heterocycles. The Morgan fingerprint density at radius 2 is 1.83 bits per heavy atom. The molecular weight excluding hydrogens is 242 g/mol. The van der Waals surface area contributed by atoms with Gasteiger partial charge in [-0.05, 0) is 0 Å². The van der Waals surface area contributed by atoms with Gasteiger partial charge in [-0.25, -0.2) is 0 Å². The molecule has 0 saturated heterocycles. The van der Waals surface area contributed by atoms with E-state index in [4.69, 9.17) is 0 Å². The molecule has 63 valence electrons. The normalized spacial score (nSPS) is 10.7. The minimum atomic E-state index is -4.25. The van der Waals surface area contributed by atoms with E-state index in [-0.39, 0.29) is 32.7 Å². The van der Waals surface area contributed by atoms with Gasteiger partial charge in [0, 0.05) is 32.7 Å². The van der Waals surface area contributed by atoms with Gasteiger partial charge in [-0.2, -0.15) is 43.0 Å². The van der Waals surface area contributed by atoms with Crippen LogP contribution in [-0.2, 0) is 38.9 Å². The zero-order valence-electron chi connectivity index (χ0n) is 6.44. The summed E-state index contributed by atoms with van der Waals surface area (Å²) < 4.78 is 35.8. The van der Waals surface area contributed by atoms with Gasteiger partial charge >= 0.3 is 6.18 Å². The SMILES string of the molecule is Cc1c[c-]cc(C(F)(F)F)c1.[Y]. The first-order valence-electron chi connectivity index (χ1n) is 3.05. The van der Waals surface area contributed by atoms with Crippen molar-refractivity contribution in [3.05, 3.63) is 35.4 Å². The van der Waals surface area contributed by atoms with Gasteiger partial charge in [0.15, 0.2) is 0 Å². The zero-order chi connectivity index (χ0) is 8.48. The number of halogens is 3. The van der Waals surface area contributed by atoms with Gasteiger partial charge in [-0.3, -0.25) is 0 Å². The molecule has 0 atom stereocenters. The van der Waals surface area contributed by atoms with Crippen LogP contribution >= 0.6 is 0 Å². The van der Waals surface area contributed by atoms with Crippen LogP contribution in [0, 0.1) is 13.0 Å². The van der Waals surface area contributed by atoms with Crippen LogP contribution in [-0.4, -0.2) is 0 Å². The van der Waals surface area contributed by atoms with E-state index >= 15 is 0 Å². The summed E-state index contributed by atoms with van der Waals surface area (Å²) in [6.07, 6.45) is -4.25. The zero-order valence-corrected chi connectivity index (χ0v) is 9.28. The van der Waals surface area contributed by atoms with Gasteiger partial charge in [-0.15, -0.1) is 0 Å². The van der Waals surface area contributed by atoms with E-state index in [1.165, 1.54) is 6.07 Å². The number of aryl methyl sites for hydroxylation is 1. The van der Waals surface area contributed by atoms with Crippen molar-refractivity contribution in [2.75, 3.05) is 0 Å². The standard InChI is InChI=1S/C8H6F3.Y/c1-6-3-2-4-7(5-6)8(9,10)11;/h3-5H,1H3;/q-1;. The molecule has 0 aliphatic carbocycles. The van der Waals surface area contributed by atoms with Crippen molar-refractivity contribution in [1.29, 1.82) is 0 Å². The predicted molar refractivity (Wildman–Crippen MR) is 35.0 cm³/mol. The van der Waals surface area contributed by atoms with E-state index in [1.54, 1.807) is 6.92 Å². The molecule has 0 aliphatic heterocycles. The van der Waals surface area contributed by atoms with Crippen LogP contribution in [0.25, 0.3) is 0 Å². The number of hydrogen-bond acceptors (Lipinski definition) is 0. The largest absolute Gasteiger partial charge is 0.370 e. The van der Waals surface area contributed by atoms with Crippen molar-refractivity contribution in [2.45, 2.75) is 13.1 Å². The third kappa shape index (κ3) is 3.24. The average molecular weight is 248 g/mol. The van der Waals surface area contributed by atoms with E-state index in [0.29, 0.717) is 5.56 Å². The number of alkyl halides is 3. The molecule has 1 aromatic rings. The first-order valence-corrected chi connectivity index (χ1v) is 3.05. The Hall–Kier alpha value is 0.114. The fraction of sp³-hybridized carbons (Fsp3) is 0.250. The Kier molecular flexibility index (Phi) is 4.42. The first-order chi connectivity index (χ1) is 5.00. The van der Waals surface area contributed by atoms with Gasteiger partial charge in [0.25, 0.3) is 0 Å². The molecule has 1 rings (SSSR count). The molecule has 1 radical (unpaired) electrons. The monoisotopic (exact) mass is 248 g/mol. The molecule has 0 saturated carbocycles. The van der Waals surface area contributed by atoms with E-state index in [0.717, 1.165) is 12.1 Å². The summed E-state index contributed by atoms with van der Waals surface area (Å²) in [5, 5.41) is 0. The summed E-state index contributed by atoms with van der Waals surface area (Å²) in [5.74, 6) is 0. The van der Waals surface area contributed by atoms with E-state index in [2.05, 4.69) is 6.07 Å². The molecule has 0 fully saturated rings. The third-order valence-corrected chi connectivity index (χ3v) is 1.26. The molecule has 4 heteroatoms. The van der Waals surface area contributed by atoms with Crippen molar-refractivity contribution >= 4 is 0 Å². The summed E-state index contributed by atoms with van der Waals surface area (Å²) in [5.41, 5.74) is -0.0719. The van der Waals surface area contributed by atoms with Crippen LogP contribution < -0.4 is 0 Å². The van der Waals surface area contributed by atoms with Crippen molar-refractivity contribution in [3.63, 3.8) is 0 Å². The number of hydrogen-bond donors (Lipinski definition) is 0. The molecule has 0 amide bonds. The second-order valence-corrected chi connectivity index (χ2v) is 2.30. The van der Waals surface area contributed by atoms with E-state index in [9.17, 15) is 13.2 Å². The number of benzene rings is 1. The maximum absolute atomic E-state index is 11.9. The Labute approximate surface area is 94.0 Å². The molecule has 0 aliphatic rings. The predicted octanol–water partition coefficient (Wildman–Crippen LogP) is 2.81. The Morgan fingerprint density at radius 3 is 2.17 bits per heavy atom. The Morgan fingerprint density at radius 1 is 1.25 bits per heavy atom. The summed E-state index contributed by atoms with van der Waals surface area (Å²) >= 11 is 0. The van der Waals surface area contributed by atoms with Crippen molar-refractivity contribution in [3.8, 4) is 0 Å². The molecular formula is C8H6F3Y-. The first kappa shape index (κ1) is 12.1. The van der Waals surface area contributed by atoms with Gasteiger partial charge in [0.2, 0.25) is 0 Å². The smallest absolute Gasteiger partial charge is 0.183 e. The minimum Gasteiger partial charge on any atom is -0.183 e. The summed E-state index contributed by atoms with van der Waals surface area (Å²) in [6, 6.07) is 5.96. The van der Waals surface area contributed by atoms with Crippen LogP contribution in [0.3, 0.4) is 0 Å². The second-order valence-electron chi connectivity index (χ2n) is 2.30. The molecule has 0 bridgehead atoms. The summed E-state index contributed by atoms with van der Waals surface area (Å²) in [4.78, 5) is 0. The molecule has 12 heavy (non-hydrogen) atoms. The van der Waals surface area contributed by atoms with E-state index in [1.807, 2.05) is 0 Å². The maximum atomic E-state index is 11.9. The Balaban J connectivity index is 0.00000121. The fourth-order valence-electron chi connectivity index (χ4n) is 0.755. The van der Waals surface area contributed by atoms with Crippen molar-refractivity contribution in [2.24, 2.45) is 0 Å². The summed E-state index contributed by atoms with van der Waals surface area (Å²) in [6.45, 7) is 1.60. The fourth-order valence-corrected chi connectivity index (χ4v) is 0.755.